The lowest BCUT2D eigenvalue weighted by Gasteiger charge is -1.84. The minimum Gasteiger partial charge on any atom is -0.123 e. The van der Waals surface area contributed by atoms with Crippen LogP contribution >= 0.6 is 24.8 Å². The van der Waals surface area contributed by atoms with E-state index >= 15 is 0 Å². The average molecular weight is 178 g/mol. The van der Waals surface area contributed by atoms with Crippen LogP contribution in [-0.4, -0.2) is 4.20 Å². The van der Waals surface area contributed by atoms with E-state index in [4.69, 9.17) is 0 Å². The fourth-order valence-corrected chi connectivity index (χ4v) is 0.754. The minimum atomic E-state index is 0.425. The lowest BCUT2D eigenvalue weighted by Crippen LogP contribution is -1.74. The molecule has 0 aliphatic carbocycles. The summed E-state index contributed by atoms with van der Waals surface area (Å²) in [5, 5.41) is 0. The zero-order chi connectivity index (χ0) is 8.10. The van der Waals surface area contributed by atoms with Crippen LogP contribution in [0.25, 0.3) is 0 Å². The van der Waals surface area contributed by atoms with E-state index in [9.17, 15) is 0 Å². The molecule has 0 saturated carbocycles. The van der Waals surface area contributed by atoms with Crippen LogP contribution in [0.2, 0.25) is 0 Å². The van der Waals surface area contributed by atoms with Gasteiger partial charge in [-0.3, -0.25) is 0 Å². The highest BCUT2D eigenvalue weighted by Gasteiger charge is 1.81. The van der Waals surface area contributed by atoms with Gasteiger partial charge in [0, 0.05) is 5.56 Å². The highest BCUT2D eigenvalue weighted by atomic mass is 32.1. The second-order valence-electron chi connectivity index (χ2n) is 1.92. The first-order valence-electron chi connectivity index (χ1n) is 3.09. The van der Waals surface area contributed by atoms with Gasteiger partial charge in [-0.1, -0.05) is 36.3 Å². The van der Waals surface area contributed by atoms with E-state index in [1.54, 1.807) is 0 Å². The summed E-state index contributed by atoms with van der Waals surface area (Å²) in [6.45, 7) is 0. The molecule has 1 rings (SSSR count). The van der Waals surface area contributed by atoms with Crippen LogP contribution in [0.3, 0.4) is 0 Å². The molecule has 0 atom stereocenters. The Kier molecular flexibility index (Phi) is 3.15. The van der Waals surface area contributed by atoms with Gasteiger partial charge in [0.25, 0.3) is 0 Å². The number of thiocarbonyl (C=S) groups is 1. The predicted octanol–water partition coefficient (Wildman–Crippen LogP) is 2.30. The molecule has 0 bridgehead atoms. The number of rotatable bonds is 0. The highest BCUT2D eigenvalue weighted by molar-refractivity contribution is 8.12. The summed E-state index contributed by atoms with van der Waals surface area (Å²) in [4.78, 5) is 0. The van der Waals surface area contributed by atoms with Crippen molar-refractivity contribution < 1.29 is 0 Å². The van der Waals surface area contributed by atoms with Crippen LogP contribution in [-0.2, 0) is 0 Å². The van der Waals surface area contributed by atoms with Crippen LogP contribution in [0.4, 0.5) is 0 Å². The van der Waals surface area contributed by atoms with Gasteiger partial charge >= 0.3 is 0 Å². The molecule has 0 aromatic heterocycles. The molecule has 0 unspecified atom stereocenters. The summed E-state index contributed by atoms with van der Waals surface area (Å²) >= 11 is 8.57. The van der Waals surface area contributed by atoms with Crippen molar-refractivity contribution in [2.45, 2.75) is 0 Å². The number of thiol groups is 1. The summed E-state index contributed by atoms with van der Waals surface area (Å²) < 4.78 is 0.425. The highest BCUT2D eigenvalue weighted by Crippen LogP contribution is 1.94. The minimum absolute atomic E-state index is 0.425. The van der Waals surface area contributed by atoms with E-state index in [0.29, 0.717) is 4.20 Å². The van der Waals surface area contributed by atoms with E-state index in [1.807, 2.05) is 30.3 Å². The van der Waals surface area contributed by atoms with Gasteiger partial charge in [-0.2, -0.15) is 0 Å². The molecule has 2 heteroatoms. The van der Waals surface area contributed by atoms with Gasteiger partial charge in [0.15, 0.2) is 0 Å². The van der Waals surface area contributed by atoms with E-state index in [0.717, 1.165) is 5.56 Å². The van der Waals surface area contributed by atoms with Gasteiger partial charge < -0.3 is 0 Å². The van der Waals surface area contributed by atoms with Crippen molar-refractivity contribution >= 4 is 29.0 Å². The third kappa shape index (κ3) is 3.22. The Hall–Kier alpha value is -0.780. The summed E-state index contributed by atoms with van der Waals surface area (Å²) in [5.74, 6) is 5.58. The van der Waals surface area contributed by atoms with Gasteiger partial charge in [-0.15, -0.1) is 12.6 Å². The Morgan fingerprint density at radius 2 is 1.91 bits per heavy atom. The molecule has 0 amide bonds. The van der Waals surface area contributed by atoms with Crippen molar-refractivity contribution in [3.8, 4) is 11.8 Å². The van der Waals surface area contributed by atoms with Crippen LogP contribution in [0, 0.1) is 11.8 Å². The molecule has 0 fully saturated rings. The zero-order valence-electron chi connectivity index (χ0n) is 5.74. The number of hydrogen-bond acceptors (Lipinski definition) is 1. The summed E-state index contributed by atoms with van der Waals surface area (Å²) in [5.41, 5.74) is 0.962. The first kappa shape index (κ1) is 8.32. The van der Waals surface area contributed by atoms with E-state index < -0.39 is 0 Å². The van der Waals surface area contributed by atoms with E-state index in [1.165, 1.54) is 0 Å². The maximum Gasteiger partial charge on any atom is 0.118 e. The maximum atomic E-state index is 4.69. The Morgan fingerprint density at radius 1 is 1.27 bits per heavy atom. The monoisotopic (exact) mass is 178 g/mol. The second-order valence-corrected chi connectivity index (χ2v) is 3.08. The lowest BCUT2D eigenvalue weighted by molar-refractivity contribution is 1.65. The Morgan fingerprint density at radius 3 is 2.45 bits per heavy atom. The zero-order valence-corrected chi connectivity index (χ0v) is 7.45. The standard InChI is InChI=1S/C9H6S2/c10-9(11)7-6-8-4-2-1-3-5-8/h1-5H,(H,10,11). The smallest absolute Gasteiger partial charge is 0.118 e. The number of benzene rings is 1. The molecule has 0 N–H and O–H groups in total. The second kappa shape index (κ2) is 4.17. The molecular formula is C9H6S2. The van der Waals surface area contributed by atoms with Gasteiger partial charge in [0.2, 0.25) is 0 Å². The molecule has 1 aromatic rings. The molecule has 0 heterocycles. The Bertz CT molecular complexity index is 303. The third-order valence-corrected chi connectivity index (χ3v) is 1.30. The molecule has 0 saturated heterocycles. The van der Waals surface area contributed by atoms with Crippen molar-refractivity contribution in [3.05, 3.63) is 35.9 Å². The van der Waals surface area contributed by atoms with Crippen LogP contribution < -0.4 is 0 Å². The van der Waals surface area contributed by atoms with Crippen molar-refractivity contribution in [1.82, 2.24) is 0 Å². The predicted molar refractivity (Wildman–Crippen MR) is 54.9 cm³/mol. The van der Waals surface area contributed by atoms with Crippen molar-refractivity contribution in [1.29, 1.82) is 0 Å². The topological polar surface area (TPSA) is 0 Å². The molecule has 1 aromatic carbocycles. The van der Waals surface area contributed by atoms with Crippen molar-refractivity contribution in [2.75, 3.05) is 0 Å². The summed E-state index contributed by atoms with van der Waals surface area (Å²) in [7, 11) is 0. The molecule has 0 aliphatic heterocycles. The fraction of sp³-hybridized carbons (Fsp3) is 0. The molecule has 0 nitrogen and oxygen atoms in total. The number of hydrogen-bond donors (Lipinski definition) is 1. The van der Waals surface area contributed by atoms with Crippen LogP contribution in [0.1, 0.15) is 5.56 Å². The van der Waals surface area contributed by atoms with E-state index in [-0.39, 0.29) is 0 Å². The largest absolute Gasteiger partial charge is 0.123 e. The fourth-order valence-electron chi connectivity index (χ4n) is 0.647. The van der Waals surface area contributed by atoms with Gasteiger partial charge in [0.1, 0.15) is 4.20 Å². The Labute approximate surface area is 77.0 Å². The quantitative estimate of drug-likeness (QED) is 0.361. The van der Waals surface area contributed by atoms with Crippen molar-refractivity contribution in [3.63, 3.8) is 0 Å². The molecule has 0 aliphatic rings. The van der Waals surface area contributed by atoms with Gasteiger partial charge in [0.05, 0.1) is 0 Å². The van der Waals surface area contributed by atoms with Crippen LogP contribution in [0.5, 0.6) is 0 Å². The average Bonchev–Trinajstić information content (AvgIpc) is 2.03. The van der Waals surface area contributed by atoms with E-state index in [2.05, 4.69) is 36.7 Å². The first-order valence-corrected chi connectivity index (χ1v) is 3.94. The first-order chi connectivity index (χ1) is 5.29. The van der Waals surface area contributed by atoms with Gasteiger partial charge in [-0.05, 0) is 18.1 Å². The van der Waals surface area contributed by atoms with Crippen molar-refractivity contribution in [2.24, 2.45) is 0 Å². The molecule has 0 radical (unpaired) electrons. The summed E-state index contributed by atoms with van der Waals surface area (Å²) in [6.07, 6.45) is 0. The molecule has 11 heavy (non-hydrogen) atoms. The van der Waals surface area contributed by atoms with Crippen LogP contribution in [0.15, 0.2) is 30.3 Å². The SMILES string of the molecule is S=C(S)C#Cc1ccccc1. The molecule has 54 valence electrons. The molecular weight excluding hydrogens is 172 g/mol. The van der Waals surface area contributed by atoms with Gasteiger partial charge in [-0.25, -0.2) is 0 Å². The lowest BCUT2D eigenvalue weighted by atomic mass is 10.2. The maximum absolute atomic E-state index is 4.69. The normalized spacial score (nSPS) is 8.09. The Balaban J connectivity index is 2.83. The summed E-state index contributed by atoms with van der Waals surface area (Å²) in [6, 6.07) is 9.68. The third-order valence-electron chi connectivity index (χ3n) is 1.09. The molecule has 0 spiro atoms.